The average molecular weight is 413 g/mol. The second kappa shape index (κ2) is 7.78. The minimum Gasteiger partial charge on any atom is -0.389 e. The van der Waals surface area contributed by atoms with Crippen LogP contribution in [0.4, 0.5) is 0 Å². The Hall–Kier alpha value is -2.41. The Morgan fingerprint density at radius 2 is 2.03 bits per heavy atom. The molecule has 6 nitrogen and oxygen atoms in total. The Morgan fingerprint density at radius 3 is 2.72 bits per heavy atom. The Morgan fingerprint density at radius 1 is 1.28 bits per heavy atom. The van der Waals surface area contributed by atoms with Gasteiger partial charge in [0.1, 0.15) is 0 Å². The number of hydrogen-bond acceptors (Lipinski definition) is 4. The molecule has 29 heavy (non-hydrogen) atoms. The van der Waals surface area contributed by atoms with Crippen LogP contribution in [0.2, 0.25) is 5.02 Å². The number of carbonyl (C=O) groups is 1. The van der Waals surface area contributed by atoms with E-state index in [9.17, 15) is 9.90 Å². The number of amides is 1. The van der Waals surface area contributed by atoms with E-state index in [1.807, 2.05) is 60.3 Å². The minimum absolute atomic E-state index is 0.149. The smallest absolute Gasteiger partial charge is 0.217 e. The molecule has 2 atom stereocenters. The van der Waals surface area contributed by atoms with E-state index in [1.165, 1.54) is 6.92 Å². The minimum atomic E-state index is -0.784. The standard InChI is InChI=1S/C22H25ClN4O2/c1-15(28)24-22(16-7-4-3-5-8-16)11-12-27(14-20(22)29)13-18-21-17(23)9-6-10-19(21)26(2)25-18/h3-10,20,29H,11-14H2,1-2H3,(H,24,28)/t20-,22-/m1/s1. The van der Waals surface area contributed by atoms with Crippen LogP contribution in [0.25, 0.3) is 10.9 Å². The molecule has 2 aromatic carbocycles. The second-order valence-corrected chi connectivity index (χ2v) is 8.13. The van der Waals surface area contributed by atoms with Crippen molar-refractivity contribution in [1.82, 2.24) is 20.0 Å². The van der Waals surface area contributed by atoms with Gasteiger partial charge in [-0.15, -0.1) is 0 Å². The second-order valence-electron chi connectivity index (χ2n) is 7.72. The third-order valence-electron chi connectivity index (χ3n) is 5.78. The van der Waals surface area contributed by atoms with Gasteiger partial charge in [-0.05, 0) is 24.1 Å². The molecular weight excluding hydrogens is 388 g/mol. The highest BCUT2D eigenvalue weighted by molar-refractivity contribution is 6.35. The number of aliphatic hydroxyl groups excluding tert-OH is 1. The molecule has 0 bridgehead atoms. The van der Waals surface area contributed by atoms with Crippen LogP contribution in [0.15, 0.2) is 48.5 Å². The summed E-state index contributed by atoms with van der Waals surface area (Å²) >= 11 is 6.44. The Balaban J connectivity index is 1.60. The van der Waals surface area contributed by atoms with Gasteiger partial charge in [-0.1, -0.05) is 48.0 Å². The molecule has 0 spiro atoms. The number of β-amino-alcohol motifs (C(OH)–C–C–N with tert-alkyl or cyclic N) is 1. The summed E-state index contributed by atoms with van der Waals surface area (Å²) in [4.78, 5) is 14.1. The molecular formula is C22H25ClN4O2. The van der Waals surface area contributed by atoms with E-state index in [1.54, 1.807) is 0 Å². The van der Waals surface area contributed by atoms with Crippen LogP contribution in [0.5, 0.6) is 0 Å². The monoisotopic (exact) mass is 412 g/mol. The number of aryl methyl sites for hydroxylation is 1. The molecule has 0 saturated carbocycles. The molecule has 1 aromatic heterocycles. The van der Waals surface area contributed by atoms with E-state index in [0.29, 0.717) is 24.5 Å². The number of likely N-dealkylation sites (tertiary alicyclic amines) is 1. The molecule has 0 radical (unpaired) electrons. The van der Waals surface area contributed by atoms with Crippen LogP contribution in [0.1, 0.15) is 24.6 Å². The molecule has 0 unspecified atom stereocenters. The van der Waals surface area contributed by atoms with Crippen LogP contribution in [0.3, 0.4) is 0 Å². The number of nitrogens with zero attached hydrogens (tertiary/aromatic N) is 3. The topological polar surface area (TPSA) is 70.4 Å². The molecule has 1 fully saturated rings. The van der Waals surface area contributed by atoms with E-state index >= 15 is 0 Å². The van der Waals surface area contributed by atoms with Gasteiger partial charge < -0.3 is 10.4 Å². The van der Waals surface area contributed by atoms with E-state index in [0.717, 1.165) is 28.7 Å². The van der Waals surface area contributed by atoms with Crippen molar-refractivity contribution >= 4 is 28.4 Å². The summed E-state index contributed by atoms with van der Waals surface area (Å²) in [5.41, 5.74) is 2.02. The maximum atomic E-state index is 11.9. The summed E-state index contributed by atoms with van der Waals surface area (Å²) in [5, 5.41) is 20.5. The van der Waals surface area contributed by atoms with E-state index in [4.69, 9.17) is 11.6 Å². The van der Waals surface area contributed by atoms with Crippen molar-refractivity contribution < 1.29 is 9.90 Å². The van der Waals surface area contributed by atoms with Crippen molar-refractivity contribution in [3.8, 4) is 0 Å². The van der Waals surface area contributed by atoms with Crippen molar-refractivity contribution in [2.45, 2.75) is 31.5 Å². The van der Waals surface area contributed by atoms with Gasteiger partial charge in [0, 0.05) is 39.0 Å². The first-order valence-electron chi connectivity index (χ1n) is 9.75. The van der Waals surface area contributed by atoms with Crippen LogP contribution >= 0.6 is 11.6 Å². The van der Waals surface area contributed by atoms with Crippen molar-refractivity contribution in [2.24, 2.45) is 7.05 Å². The number of piperidine rings is 1. The Kier molecular flexibility index (Phi) is 5.34. The lowest BCUT2D eigenvalue weighted by atomic mass is 9.78. The lowest BCUT2D eigenvalue weighted by Gasteiger charge is -2.46. The lowest BCUT2D eigenvalue weighted by Crippen LogP contribution is -2.61. The van der Waals surface area contributed by atoms with Gasteiger partial charge in [0.15, 0.2) is 0 Å². The first kappa shape index (κ1) is 19.9. The van der Waals surface area contributed by atoms with Gasteiger partial charge in [0.2, 0.25) is 5.91 Å². The molecule has 1 aliphatic heterocycles. The number of benzene rings is 2. The Labute approximate surface area is 175 Å². The van der Waals surface area contributed by atoms with Gasteiger partial charge in [0.05, 0.1) is 27.9 Å². The van der Waals surface area contributed by atoms with Gasteiger partial charge in [0.25, 0.3) is 0 Å². The molecule has 2 N–H and O–H groups in total. The molecule has 2 heterocycles. The van der Waals surface area contributed by atoms with E-state index < -0.39 is 11.6 Å². The summed E-state index contributed by atoms with van der Waals surface area (Å²) in [6.45, 7) is 3.22. The summed E-state index contributed by atoms with van der Waals surface area (Å²) in [6, 6.07) is 15.5. The number of fused-ring (bicyclic) bond motifs is 1. The van der Waals surface area contributed by atoms with Gasteiger partial charge >= 0.3 is 0 Å². The van der Waals surface area contributed by atoms with Gasteiger partial charge in [-0.25, -0.2) is 0 Å². The quantitative estimate of drug-likeness (QED) is 0.691. The number of hydrogen-bond donors (Lipinski definition) is 2. The largest absolute Gasteiger partial charge is 0.389 e. The molecule has 1 aliphatic rings. The summed E-state index contributed by atoms with van der Waals surface area (Å²) in [5.74, 6) is -0.149. The first-order valence-corrected chi connectivity index (χ1v) is 10.1. The zero-order valence-corrected chi connectivity index (χ0v) is 17.4. The fourth-order valence-corrected chi connectivity index (χ4v) is 4.69. The highest BCUT2D eigenvalue weighted by Crippen LogP contribution is 2.35. The lowest BCUT2D eigenvalue weighted by molar-refractivity contribution is -0.125. The zero-order valence-electron chi connectivity index (χ0n) is 16.6. The van der Waals surface area contributed by atoms with Crippen molar-refractivity contribution in [3.05, 3.63) is 64.8 Å². The molecule has 0 aliphatic carbocycles. The Bertz CT molecular complexity index is 1040. The number of rotatable bonds is 4. The van der Waals surface area contributed by atoms with Crippen molar-refractivity contribution in [3.63, 3.8) is 0 Å². The highest BCUT2D eigenvalue weighted by Gasteiger charge is 2.44. The fraction of sp³-hybridized carbons (Fsp3) is 0.364. The van der Waals surface area contributed by atoms with Gasteiger partial charge in [-0.3, -0.25) is 14.4 Å². The van der Waals surface area contributed by atoms with E-state index in [2.05, 4.69) is 15.3 Å². The summed E-state index contributed by atoms with van der Waals surface area (Å²) in [6.07, 6.45) is -0.135. The summed E-state index contributed by atoms with van der Waals surface area (Å²) < 4.78 is 1.84. The molecule has 1 saturated heterocycles. The zero-order chi connectivity index (χ0) is 20.6. The number of nitrogens with one attached hydrogen (secondary N) is 1. The predicted octanol–water partition coefficient (Wildman–Crippen LogP) is 2.82. The number of aromatic nitrogens is 2. The number of halogens is 1. The molecule has 3 aromatic rings. The van der Waals surface area contributed by atoms with Crippen LogP contribution in [-0.4, -0.2) is 44.9 Å². The van der Waals surface area contributed by atoms with Crippen LogP contribution in [0, 0.1) is 0 Å². The van der Waals surface area contributed by atoms with E-state index in [-0.39, 0.29) is 5.91 Å². The third-order valence-corrected chi connectivity index (χ3v) is 6.10. The van der Waals surface area contributed by atoms with Crippen molar-refractivity contribution in [2.75, 3.05) is 13.1 Å². The van der Waals surface area contributed by atoms with Crippen molar-refractivity contribution in [1.29, 1.82) is 0 Å². The first-order chi connectivity index (χ1) is 13.9. The SMILES string of the molecule is CC(=O)N[C@@]1(c2ccccc2)CCN(Cc2nn(C)c3cccc(Cl)c23)C[C@H]1O. The highest BCUT2D eigenvalue weighted by atomic mass is 35.5. The number of aliphatic hydroxyl groups is 1. The normalized spacial score (nSPS) is 22.7. The van der Waals surface area contributed by atoms with Gasteiger partial charge in [-0.2, -0.15) is 5.10 Å². The molecule has 7 heteroatoms. The number of carbonyl (C=O) groups excluding carboxylic acids is 1. The van der Waals surface area contributed by atoms with Crippen LogP contribution in [-0.2, 0) is 23.9 Å². The maximum Gasteiger partial charge on any atom is 0.217 e. The maximum absolute atomic E-state index is 11.9. The molecule has 4 rings (SSSR count). The molecule has 1 amide bonds. The third kappa shape index (κ3) is 3.64. The average Bonchev–Trinajstić information content (AvgIpc) is 3.01. The van der Waals surface area contributed by atoms with Crippen LogP contribution < -0.4 is 5.32 Å². The molecule has 152 valence electrons. The summed E-state index contributed by atoms with van der Waals surface area (Å²) in [7, 11) is 1.91. The fourth-order valence-electron chi connectivity index (χ4n) is 4.42. The predicted molar refractivity (Wildman–Crippen MR) is 114 cm³/mol.